The molecule has 1 atom stereocenters. The van der Waals surface area contributed by atoms with Gasteiger partial charge in [-0.1, -0.05) is 11.3 Å². The van der Waals surface area contributed by atoms with Crippen molar-refractivity contribution in [2.75, 3.05) is 25.6 Å². The molecule has 0 aromatic carbocycles. The molecule has 1 aliphatic rings. The zero-order valence-electron chi connectivity index (χ0n) is 10.9. The van der Waals surface area contributed by atoms with Crippen LogP contribution in [0.4, 0.5) is 9.93 Å². The molecule has 1 N–H and O–H groups in total. The summed E-state index contributed by atoms with van der Waals surface area (Å²) in [5, 5.41) is 10.3. The van der Waals surface area contributed by atoms with Crippen molar-refractivity contribution in [3.63, 3.8) is 0 Å². The second-order valence-corrected chi connectivity index (χ2v) is 5.74. The minimum absolute atomic E-state index is 0.237. The van der Waals surface area contributed by atoms with Crippen molar-refractivity contribution < 1.29 is 14.6 Å². The molecule has 2 amide bonds. The highest BCUT2D eigenvalue weighted by molar-refractivity contribution is 7.15. The Morgan fingerprint density at radius 2 is 2.28 bits per heavy atom. The average molecular weight is 271 g/mol. The highest BCUT2D eigenvalue weighted by Gasteiger charge is 2.37. The van der Waals surface area contributed by atoms with Gasteiger partial charge in [-0.3, -0.25) is 0 Å². The van der Waals surface area contributed by atoms with Gasteiger partial charge in [-0.25, -0.2) is 14.7 Å². The quantitative estimate of drug-likeness (QED) is 0.897. The molecule has 2 rings (SSSR count). The van der Waals surface area contributed by atoms with E-state index in [2.05, 4.69) is 4.98 Å². The number of hydrogen-bond donors (Lipinski definition) is 1. The van der Waals surface area contributed by atoms with Gasteiger partial charge < -0.3 is 14.7 Å². The van der Waals surface area contributed by atoms with Crippen molar-refractivity contribution in [3.05, 3.63) is 11.1 Å². The van der Waals surface area contributed by atoms with Crippen LogP contribution in [0.3, 0.4) is 0 Å². The van der Waals surface area contributed by atoms with Crippen LogP contribution in [0.25, 0.3) is 0 Å². The summed E-state index contributed by atoms with van der Waals surface area (Å²) in [4.78, 5) is 19.8. The predicted octanol–water partition coefficient (Wildman–Crippen LogP) is 1.21. The Morgan fingerprint density at radius 3 is 2.78 bits per heavy atom. The maximum Gasteiger partial charge on any atom is 0.328 e. The number of β-amino-alcohol motifs (C(OH)–C–C–N with tert-alkyl or cyclic N) is 1. The molecule has 0 saturated carbocycles. The molecule has 0 radical (unpaired) electrons. The van der Waals surface area contributed by atoms with Crippen LogP contribution in [-0.4, -0.2) is 48.0 Å². The lowest BCUT2D eigenvalue weighted by Gasteiger charge is -2.20. The van der Waals surface area contributed by atoms with E-state index in [4.69, 9.17) is 4.74 Å². The Balaban J connectivity index is 2.28. The van der Waals surface area contributed by atoms with Crippen LogP contribution in [-0.2, 0) is 10.3 Å². The van der Waals surface area contributed by atoms with Crippen LogP contribution in [0.2, 0.25) is 0 Å². The highest BCUT2D eigenvalue weighted by atomic mass is 32.1. The number of thiazole rings is 1. The van der Waals surface area contributed by atoms with Gasteiger partial charge in [-0.05, 0) is 13.8 Å². The van der Waals surface area contributed by atoms with Gasteiger partial charge in [0.1, 0.15) is 0 Å². The summed E-state index contributed by atoms with van der Waals surface area (Å²) in [6, 6.07) is -0.237. The molecule has 18 heavy (non-hydrogen) atoms. The fourth-order valence-corrected chi connectivity index (χ4v) is 2.72. The van der Waals surface area contributed by atoms with E-state index in [-0.39, 0.29) is 6.03 Å². The summed E-state index contributed by atoms with van der Waals surface area (Å²) in [5.41, 5.74) is -0.449. The fraction of sp³-hybridized carbons (Fsp3) is 0.636. The average Bonchev–Trinajstić information content (AvgIpc) is 2.86. The normalized spacial score (nSPS) is 20.9. The Morgan fingerprint density at radius 1 is 1.61 bits per heavy atom. The lowest BCUT2D eigenvalue weighted by molar-refractivity contribution is 0.0222. The Hall–Kier alpha value is -1.18. The summed E-state index contributed by atoms with van der Waals surface area (Å²) in [7, 11) is 3.28. The summed E-state index contributed by atoms with van der Waals surface area (Å²) in [6.45, 7) is 4.15. The number of aliphatic hydroxyl groups excluding tert-OH is 1. The second kappa shape index (κ2) is 4.49. The number of methoxy groups -OCH3 is 1. The highest BCUT2D eigenvalue weighted by Crippen LogP contribution is 2.34. The van der Waals surface area contributed by atoms with Crippen molar-refractivity contribution in [2.45, 2.75) is 25.7 Å². The third kappa shape index (κ3) is 2.09. The maximum absolute atomic E-state index is 11.9. The van der Waals surface area contributed by atoms with E-state index in [0.717, 1.165) is 4.88 Å². The molecule has 1 aromatic rings. The third-order valence-corrected chi connectivity index (χ3v) is 4.37. The number of likely N-dealkylation sites (N-methyl/N-ethyl adjacent to an activating group) is 1. The van der Waals surface area contributed by atoms with Crippen LogP contribution in [0, 0.1) is 0 Å². The predicted molar refractivity (Wildman–Crippen MR) is 68.7 cm³/mol. The van der Waals surface area contributed by atoms with E-state index in [9.17, 15) is 9.90 Å². The van der Waals surface area contributed by atoms with Crippen molar-refractivity contribution in [1.29, 1.82) is 0 Å². The fourth-order valence-electron chi connectivity index (χ4n) is 1.68. The van der Waals surface area contributed by atoms with Crippen LogP contribution < -0.4 is 4.90 Å². The van der Waals surface area contributed by atoms with E-state index in [1.165, 1.54) is 21.1 Å². The standard InChI is InChI=1S/C11H17N3O3S/c1-11(2,17-4)7-5-12-9(18-7)14-8(15)6-13(3)10(14)16/h5,8,15H,6H2,1-4H3. The van der Waals surface area contributed by atoms with Gasteiger partial charge in [-0.15, -0.1) is 0 Å². The molecule has 2 heterocycles. The second-order valence-electron chi connectivity index (χ2n) is 4.74. The number of amides is 2. The summed E-state index contributed by atoms with van der Waals surface area (Å²) < 4.78 is 5.37. The number of hydrogen-bond acceptors (Lipinski definition) is 5. The summed E-state index contributed by atoms with van der Waals surface area (Å²) in [6.07, 6.45) is 0.842. The van der Waals surface area contributed by atoms with Gasteiger partial charge >= 0.3 is 6.03 Å². The Bertz CT molecular complexity index is 460. The maximum atomic E-state index is 11.9. The number of ether oxygens (including phenoxy) is 1. The lowest BCUT2D eigenvalue weighted by Crippen LogP contribution is -2.34. The summed E-state index contributed by atoms with van der Waals surface area (Å²) in [5.74, 6) is 0. The zero-order chi connectivity index (χ0) is 13.5. The van der Waals surface area contributed by atoms with Crippen molar-refractivity contribution in [3.8, 4) is 0 Å². The number of aliphatic hydroxyl groups is 1. The molecular weight excluding hydrogens is 254 g/mol. The number of rotatable bonds is 3. The molecule has 0 bridgehead atoms. The largest absolute Gasteiger partial charge is 0.373 e. The molecule has 1 aliphatic heterocycles. The number of carbonyl (C=O) groups excluding carboxylic acids is 1. The third-order valence-electron chi connectivity index (χ3n) is 3.07. The first-order chi connectivity index (χ1) is 8.36. The van der Waals surface area contributed by atoms with E-state index < -0.39 is 11.8 Å². The van der Waals surface area contributed by atoms with Crippen LogP contribution in [0.1, 0.15) is 18.7 Å². The smallest absolute Gasteiger partial charge is 0.328 e. The van der Waals surface area contributed by atoms with Gasteiger partial charge in [0.2, 0.25) is 0 Å². The van der Waals surface area contributed by atoms with E-state index >= 15 is 0 Å². The van der Waals surface area contributed by atoms with Crippen molar-refractivity contribution in [2.24, 2.45) is 0 Å². The first-order valence-electron chi connectivity index (χ1n) is 5.60. The lowest BCUT2D eigenvalue weighted by atomic mass is 10.1. The van der Waals surface area contributed by atoms with E-state index in [1.54, 1.807) is 20.4 Å². The van der Waals surface area contributed by atoms with Gasteiger partial charge in [-0.2, -0.15) is 0 Å². The molecule has 1 saturated heterocycles. The molecule has 1 aromatic heterocycles. The molecular formula is C11H17N3O3S. The first-order valence-corrected chi connectivity index (χ1v) is 6.42. The molecule has 1 unspecified atom stereocenters. The minimum Gasteiger partial charge on any atom is -0.373 e. The van der Waals surface area contributed by atoms with E-state index in [1.807, 2.05) is 13.8 Å². The van der Waals surface area contributed by atoms with Crippen molar-refractivity contribution >= 4 is 22.5 Å². The van der Waals surface area contributed by atoms with Crippen LogP contribution in [0.5, 0.6) is 0 Å². The topological polar surface area (TPSA) is 65.9 Å². The Kier molecular flexibility index (Phi) is 3.31. The molecule has 7 heteroatoms. The van der Waals surface area contributed by atoms with Gasteiger partial charge in [0.15, 0.2) is 11.4 Å². The SMILES string of the molecule is COC(C)(C)c1cnc(N2C(=O)N(C)CC2O)s1. The number of urea groups is 1. The molecule has 6 nitrogen and oxygen atoms in total. The van der Waals surface area contributed by atoms with Gasteiger partial charge in [0, 0.05) is 20.4 Å². The van der Waals surface area contributed by atoms with Crippen LogP contribution in [0.15, 0.2) is 6.20 Å². The van der Waals surface area contributed by atoms with Crippen LogP contribution >= 0.6 is 11.3 Å². The van der Waals surface area contributed by atoms with E-state index in [0.29, 0.717) is 11.7 Å². The number of nitrogens with zero attached hydrogens (tertiary/aromatic N) is 3. The molecule has 1 fully saturated rings. The van der Waals surface area contributed by atoms with Crippen molar-refractivity contribution in [1.82, 2.24) is 9.88 Å². The zero-order valence-corrected chi connectivity index (χ0v) is 11.7. The Labute approximate surface area is 110 Å². The number of carbonyl (C=O) groups is 1. The van der Waals surface area contributed by atoms with Gasteiger partial charge in [0.05, 0.1) is 17.0 Å². The molecule has 0 spiro atoms. The van der Waals surface area contributed by atoms with Gasteiger partial charge in [0.25, 0.3) is 0 Å². The number of anilines is 1. The monoisotopic (exact) mass is 271 g/mol. The summed E-state index contributed by atoms with van der Waals surface area (Å²) >= 11 is 1.35. The molecule has 100 valence electrons. The molecule has 0 aliphatic carbocycles. The number of aromatic nitrogens is 1. The first kappa shape index (κ1) is 13.3. The minimum atomic E-state index is -0.841.